The second-order valence-electron chi connectivity index (χ2n) is 4.08. The first-order valence-corrected chi connectivity index (χ1v) is 6.91. The first-order chi connectivity index (χ1) is 8.26. The summed E-state index contributed by atoms with van der Waals surface area (Å²) < 4.78 is 13.8. The molecule has 0 aliphatic carbocycles. The van der Waals surface area contributed by atoms with E-state index in [0.717, 1.165) is 42.3 Å². The Morgan fingerprint density at radius 1 is 1.41 bits per heavy atom. The zero-order chi connectivity index (χ0) is 12.3. The summed E-state index contributed by atoms with van der Waals surface area (Å²) in [4.78, 5) is 13.8. The molecule has 1 aliphatic heterocycles. The summed E-state index contributed by atoms with van der Waals surface area (Å²) in [5.41, 5.74) is 1.10. The Hall–Kier alpha value is -1.03. The molecule has 0 radical (unpaired) electrons. The van der Waals surface area contributed by atoms with E-state index in [-0.39, 0.29) is 5.56 Å². The molecule has 0 saturated carbocycles. The van der Waals surface area contributed by atoms with Gasteiger partial charge in [-0.05, 0) is 30.7 Å². The molecule has 1 fully saturated rings. The number of benzene rings is 1. The van der Waals surface area contributed by atoms with Gasteiger partial charge in [0.2, 0.25) is 0 Å². The average molecular weight is 253 g/mol. The van der Waals surface area contributed by atoms with Gasteiger partial charge in [0.05, 0.1) is 5.56 Å². The van der Waals surface area contributed by atoms with Crippen LogP contribution in [0.1, 0.15) is 30.1 Å². The summed E-state index contributed by atoms with van der Waals surface area (Å²) in [6.45, 7) is 3.96. The molecule has 1 aliphatic rings. The van der Waals surface area contributed by atoms with Crippen molar-refractivity contribution in [1.82, 2.24) is 0 Å². The minimum Gasteiger partial charge on any atom is -0.371 e. The van der Waals surface area contributed by atoms with E-state index in [2.05, 4.69) is 4.90 Å². The van der Waals surface area contributed by atoms with E-state index in [4.69, 9.17) is 0 Å². The normalized spacial score (nSPS) is 15.3. The molecule has 2 nitrogen and oxygen atoms in total. The minimum atomic E-state index is -0.402. The van der Waals surface area contributed by atoms with Gasteiger partial charge in [-0.2, -0.15) is 0 Å². The number of hydrogen-bond acceptors (Lipinski definition) is 3. The predicted molar refractivity (Wildman–Crippen MR) is 69.6 cm³/mol. The second-order valence-corrected chi connectivity index (χ2v) is 5.39. The summed E-state index contributed by atoms with van der Waals surface area (Å²) in [5, 5.41) is 0. The Kier molecular flexibility index (Phi) is 4.05. The van der Waals surface area contributed by atoms with Gasteiger partial charge in [-0.15, -0.1) is 11.8 Å². The maximum atomic E-state index is 13.8. The summed E-state index contributed by atoms with van der Waals surface area (Å²) in [6.07, 6.45) is 2.93. The van der Waals surface area contributed by atoms with Crippen LogP contribution < -0.4 is 4.90 Å². The molecule has 1 heterocycles. The number of carbonyl (C=O) groups is 1. The SMILES string of the molecule is CCSc1cc(N2CCCC2)cc(F)c1C=O. The highest BCUT2D eigenvalue weighted by Gasteiger charge is 2.17. The summed E-state index contributed by atoms with van der Waals surface area (Å²) in [7, 11) is 0. The van der Waals surface area contributed by atoms with E-state index < -0.39 is 5.82 Å². The zero-order valence-corrected chi connectivity index (χ0v) is 10.7. The number of thioether (sulfide) groups is 1. The Morgan fingerprint density at radius 2 is 2.12 bits per heavy atom. The van der Waals surface area contributed by atoms with Crippen LogP contribution in [0.2, 0.25) is 0 Å². The molecular weight excluding hydrogens is 237 g/mol. The van der Waals surface area contributed by atoms with E-state index >= 15 is 0 Å². The number of hydrogen-bond donors (Lipinski definition) is 0. The predicted octanol–water partition coefficient (Wildman–Crippen LogP) is 3.35. The van der Waals surface area contributed by atoms with Crippen LogP contribution >= 0.6 is 11.8 Å². The van der Waals surface area contributed by atoms with Crippen molar-refractivity contribution in [2.45, 2.75) is 24.7 Å². The monoisotopic (exact) mass is 253 g/mol. The van der Waals surface area contributed by atoms with E-state index in [1.54, 1.807) is 0 Å². The highest BCUT2D eigenvalue weighted by Crippen LogP contribution is 2.30. The van der Waals surface area contributed by atoms with Crippen LogP contribution in [-0.4, -0.2) is 25.1 Å². The number of aldehydes is 1. The Bertz CT molecular complexity index is 416. The molecule has 0 atom stereocenters. The van der Waals surface area contributed by atoms with Gasteiger partial charge in [-0.3, -0.25) is 4.79 Å². The lowest BCUT2D eigenvalue weighted by Crippen LogP contribution is -2.18. The first kappa shape index (κ1) is 12.4. The van der Waals surface area contributed by atoms with Crippen LogP contribution in [0.4, 0.5) is 10.1 Å². The van der Waals surface area contributed by atoms with Gasteiger partial charge in [0, 0.05) is 23.7 Å². The van der Waals surface area contributed by atoms with Gasteiger partial charge in [-0.25, -0.2) is 4.39 Å². The van der Waals surface area contributed by atoms with Crippen molar-refractivity contribution in [2.24, 2.45) is 0 Å². The van der Waals surface area contributed by atoms with E-state index in [1.165, 1.54) is 17.8 Å². The van der Waals surface area contributed by atoms with E-state index in [1.807, 2.05) is 13.0 Å². The molecule has 1 saturated heterocycles. The van der Waals surface area contributed by atoms with Crippen LogP contribution in [0.25, 0.3) is 0 Å². The van der Waals surface area contributed by atoms with Gasteiger partial charge >= 0.3 is 0 Å². The summed E-state index contributed by atoms with van der Waals surface area (Å²) >= 11 is 1.52. The van der Waals surface area contributed by atoms with Crippen LogP contribution in [0, 0.1) is 5.82 Å². The Morgan fingerprint density at radius 3 is 2.71 bits per heavy atom. The topological polar surface area (TPSA) is 20.3 Å². The van der Waals surface area contributed by atoms with Gasteiger partial charge in [-0.1, -0.05) is 6.92 Å². The second kappa shape index (κ2) is 5.54. The molecule has 1 aromatic rings. The van der Waals surface area contributed by atoms with Crippen LogP contribution in [-0.2, 0) is 0 Å². The lowest BCUT2D eigenvalue weighted by molar-refractivity contribution is 0.111. The molecule has 0 bridgehead atoms. The van der Waals surface area contributed by atoms with E-state index in [0.29, 0.717) is 6.29 Å². The minimum absolute atomic E-state index is 0.194. The van der Waals surface area contributed by atoms with Crippen LogP contribution in [0.3, 0.4) is 0 Å². The fourth-order valence-electron chi connectivity index (χ4n) is 2.13. The standard InChI is InChI=1S/C13H16FNOS/c1-2-17-13-8-10(15-5-3-4-6-15)7-12(14)11(13)9-16/h7-9H,2-6H2,1H3. The van der Waals surface area contributed by atoms with Crippen molar-refractivity contribution in [3.05, 3.63) is 23.5 Å². The van der Waals surface area contributed by atoms with Crippen molar-refractivity contribution in [1.29, 1.82) is 0 Å². The molecule has 0 aromatic heterocycles. The van der Waals surface area contributed by atoms with Gasteiger partial charge in [0.1, 0.15) is 5.82 Å². The summed E-state index contributed by atoms with van der Waals surface area (Å²) in [6, 6.07) is 3.42. The number of anilines is 1. The third-order valence-electron chi connectivity index (χ3n) is 2.97. The zero-order valence-electron chi connectivity index (χ0n) is 9.91. The van der Waals surface area contributed by atoms with Crippen molar-refractivity contribution >= 4 is 23.7 Å². The highest BCUT2D eigenvalue weighted by atomic mass is 32.2. The van der Waals surface area contributed by atoms with E-state index in [9.17, 15) is 9.18 Å². The van der Waals surface area contributed by atoms with Gasteiger partial charge in [0.25, 0.3) is 0 Å². The highest BCUT2D eigenvalue weighted by molar-refractivity contribution is 7.99. The Balaban J connectivity index is 2.37. The van der Waals surface area contributed by atoms with Crippen LogP contribution in [0.15, 0.2) is 17.0 Å². The summed E-state index contributed by atoms with van der Waals surface area (Å²) in [5.74, 6) is 0.435. The average Bonchev–Trinajstić information content (AvgIpc) is 2.82. The molecule has 1 aromatic carbocycles. The molecule has 92 valence electrons. The lowest BCUT2D eigenvalue weighted by Gasteiger charge is -2.19. The van der Waals surface area contributed by atoms with Crippen LogP contribution in [0.5, 0.6) is 0 Å². The molecule has 0 unspecified atom stereocenters. The molecule has 0 spiro atoms. The third-order valence-corrected chi connectivity index (χ3v) is 3.90. The largest absolute Gasteiger partial charge is 0.371 e. The van der Waals surface area contributed by atoms with Gasteiger partial charge < -0.3 is 4.90 Å². The number of halogens is 1. The van der Waals surface area contributed by atoms with Crippen molar-refractivity contribution in [2.75, 3.05) is 23.7 Å². The smallest absolute Gasteiger partial charge is 0.154 e. The Labute approximate surface area is 105 Å². The maximum Gasteiger partial charge on any atom is 0.154 e. The van der Waals surface area contributed by atoms with Crippen molar-refractivity contribution in [3.63, 3.8) is 0 Å². The molecule has 17 heavy (non-hydrogen) atoms. The van der Waals surface area contributed by atoms with Gasteiger partial charge in [0.15, 0.2) is 6.29 Å². The third kappa shape index (κ3) is 2.63. The number of rotatable bonds is 4. The molecule has 0 amide bonds. The maximum absolute atomic E-state index is 13.8. The fraction of sp³-hybridized carbons (Fsp3) is 0.462. The number of nitrogens with zero attached hydrogens (tertiary/aromatic N) is 1. The lowest BCUT2D eigenvalue weighted by atomic mass is 10.2. The molecule has 4 heteroatoms. The molecule has 0 N–H and O–H groups in total. The molecular formula is C13H16FNOS. The van der Waals surface area contributed by atoms with Crippen molar-refractivity contribution < 1.29 is 9.18 Å². The molecule has 2 rings (SSSR count). The number of carbonyl (C=O) groups excluding carboxylic acids is 1. The van der Waals surface area contributed by atoms with Crippen molar-refractivity contribution in [3.8, 4) is 0 Å². The fourth-order valence-corrected chi connectivity index (χ4v) is 2.94. The quantitative estimate of drug-likeness (QED) is 0.606. The first-order valence-electron chi connectivity index (χ1n) is 5.92.